The van der Waals surface area contributed by atoms with Gasteiger partial charge in [0.1, 0.15) is 22.1 Å². The van der Waals surface area contributed by atoms with Crippen molar-refractivity contribution in [3.05, 3.63) is 35.2 Å². The Kier molecular flexibility index (Phi) is 5.86. The molecule has 10 nitrogen and oxygen atoms in total. The standard InChI is InChI=1S/C23H25N5O5S/c1-3-32-22(30)17-12-34-21-19(17)20(25-23(24)26-21)28-10-13-7-14(28)9-27(13)18(29)11-33-16-6-4-5-15(8-16)31-2/h4-6,8,12-14H,3,7,9-11H2,1-2H3,(H2,24,25,26). The molecule has 34 heavy (non-hydrogen) atoms. The number of nitrogens with two attached hydrogens (primary N) is 1. The maximum atomic E-state index is 12.9. The van der Waals surface area contributed by atoms with E-state index in [0.29, 0.717) is 46.2 Å². The summed E-state index contributed by atoms with van der Waals surface area (Å²) in [7, 11) is 1.59. The van der Waals surface area contributed by atoms with Gasteiger partial charge in [-0.25, -0.2) is 9.78 Å². The van der Waals surface area contributed by atoms with E-state index in [0.717, 1.165) is 6.42 Å². The molecule has 1 amide bonds. The monoisotopic (exact) mass is 483 g/mol. The van der Waals surface area contributed by atoms with Crippen molar-refractivity contribution in [3.63, 3.8) is 0 Å². The highest BCUT2D eigenvalue weighted by Crippen LogP contribution is 2.40. The van der Waals surface area contributed by atoms with E-state index in [1.54, 1.807) is 31.5 Å². The Morgan fingerprint density at radius 3 is 2.76 bits per heavy atom. The van der Waals surface area contributed by atoms with E-state index in [2.05, 4.69) is 14.9 Å². The minimum absolute atomic E-state index is 0.0299. The van der Waals surface area contributed by atoms with Crippen LogP contribution in [0.2, 0.25) is 0 Å². The molecule has 2 unspecified atom stereocenters. The van der Waals surface area contributed by atoms with Crippen LogP contribution in [0.4, 0.5) is 11.8 Å². The number of rotatable bonds is 7. The molecular weight excluding hydrogens is 458 g/mol. The summed E-state index contributed by atoms with van der Waals surface area (Å²) >= 11 is 1.34. The number of piperazine rings is 1. The van der Waals surface area contributed by atoms with E-state index >= 15 is 0 Å². The van der Waals surface area contributed by atoms with E-state index in [4.69, 9.17) is 19.9 Å². The van der Waals surface area contributed by atoms with Crippen LogP contribution in [-0.2, 0) is 9.53 Å². The molecule has 0 radical (unpaired) electrons. The summed E-state index contributed by atoms with van der Waals surface area (Å²) in [6, 6.07) is 7.27. The quantitative estimate of drug-likeness (QED) is 0.505. The van der Waals surface area contributed by atoms with Gasteiger partial charge in [0.05, 0.1) is 36.8 Å². The molecule has 2 aromatic heterocycles. The lowest BCUT2D eigenvalue weighted by atomic mass is 10.2. The molecule has 2 aliphatic heterocycles. The van der Waals surface area contributed by atoms with E-state index in [9.17, 15) is 9.59 Å². The van der Waals surface area contributed by atoms with Crippen LogP contribution in [0.15, 0.2) is 29.6 Å². The van der Waals surface area contributed by atoms with Crippen LogP contribution >= 0.6 is 11.3 Å². The van der Waals surface area contributed by atoms with Crippen molar-refractivity contribution in [2.45, 2.75) is 25.4 Å². The molecule has 2 fully saturated rings. The number of thiophene rings is 1. The summed E-state index contributed by atoms with van der Waals surface area (Å²) in [4.78, 5) is 38.8. The predicted octanol–water partition coefficient (Wildman–Crippen LogP) is 2.33. The zero-order valence-corrected chi connectivity index (χ0v) is 19.7. The Hall–Kier alpha value is -3.60. The molecule has 2 atom stereocenters. The van der Waals surface area contributed by atoms with Gasteiger partial charge < -0.3 is 29.7 Å². The first-order valence-electron chi connectivity index (χ1n) is 11.0. The van der Waals surface area contributed by atoms with Crippen molar-refractivity contribution in [1.82, 2.24) is 14.9 Å². The van der Waals surface area contributed by atoms with Gasteiger partial charge in [0, 0.05) is 24.5 Å². The molecule has 2 bridgehead atoms. The number of carbonyl (C=O) groups is 2. The Labute approximate surface area is 200 Å². The number of likely N-dealkylation sites (tertiary alicyclic amines) is 1. The average molecular weight is 484 g/mol. The van der Waals surface area contributed by atoms with Crippen LogP contribution in [0.5, 0.6) is 11.5 Å². The molecule has 1 aromatic carbocycles. The highest BCUT2D eigenvalue weighted by Gasteiger charge is 2.46. The van der Waals surface area contributed by atoms with Gasteiger partial charge in [0.2, 0.25) is 5.95 Å². The smallest absolute Gasteiger partial charge is 0.339 e. The number of aromatic nitrogens is 2. The van der Waals surface area contributed by atoms with Crippen molar-refractivity contribution >= 4 is 45.2 Å². The zero-order chi connectivity index (χ0) is 23.8. The second-order valence-corrected chi connectivity index (χ2v) is 9.02. The first kappa shape index (κ1) is 22.2. The molecule has 2 aliphatic rings. The van der Waals surface area contributed by atoms with Crippen LogP contribution in [0.3, 0.4) is 0 Å². The fourth-order valence-electron chi connectivity index (χ4n) is 4.66. The topological polar surface area (TPSA) is 120 Å². The number of anilines is 2. The molecular formula is C23H25N5O5S. The number of amides is 1. The van der Waals surface area contributed by atoms with Crippen molar-refractivity contribution in [1.29, 1.82) is 0 Å². The Bertz CT molecular complexity index is 1250. The molecule has 3 aromatic rings. The minimum atomic E-state index is -0.403. The van der Waals surface area contributed by atoms with Crippen LogP contribution in [0.1, 0.15) is 23.7 Å². The molecule has 4 heterocycles. The van der Waals surface area contributed by atoms with E-state index < -0.39 is 5.97 Å². The van der Waals surface area contributed by atoms with E-state index in [1.807, 2.05) is 17.0 Å². The number of nitrogens with zero attached hydrogens (tertiary/aromatic N) is 4. The van der Waals surface area contributed by atoms with Gasteiger partial charge in [-0.05, 0) is 25.5 Å². The third kappa shape index (κ3) is 3.96. The molecule has 0 saturated carbocycles. The number of esters is 1. The van der Waals surface area contributed by atoms with E-state index in [1.165, 1.54) is 11.3 Å². The predicted molar refractivity (Wildman–Crippen MR) is 128 cm³/mol. The third-order valence-corrected chi connectivity index (χ3v) is 7.04. The molecule has 2 N–H and O–H groups in total. The molecule has 178 valence electrons. The van der Waals surface area contributed by atoms with Gasteiger partial charge in [-0.3, -0.25) is 4.79 Å². The Balaban J connectivity index is 1.32. The maximum absolute atomic E-state index is 12.9. The number of hydrogen-bond acceptors (Lipinski definition) is 10. The number of ether oxygens (including phenoxy) is 3. The van der Waals surface area contributed by atoms with Crippen molar-refractivity contribution in [2.75, 3.05) is 44.0 Å². The maximum Gasteiger partial charge on any atom is 0.339 e. The van der Waals surface area contributed by atoms with Gasteiger partial charge >= 0.3 is 5.97 Å². The fraction of sp³-hybridized carbons (Fsp3) is 0.391. The number of nitrogen functional groups attached to an aromatic ring is 1. The SMILES string of the molecule is CCOC(=O)c1csc2nc(N)nc(N3CC4CC3CN4C(=O)COc3cccc(OC)c3)c12. The number of methoxy groups -OCH3 is 1. The lowest BCUT2D eigenvalue weighted by Crippen LogP contribution is -2.50. The van der Waals surface area contributed by atoms with Crippen LogP contribution < -0.4 is 20.1 Å². The molecule has 0 spiro atoms. The number of benzene rings is 1. The van der Waals surface area contributed by atoms with Crippen molar-refractivity contribution in [2.24, 2.45) is 0 Å². The van der Waals surface area contributed by atoms with Gasteiger partial charge in [-0.15, -0.1) is 11.3 Å². The molecule has 0 aliphatic carbocycles. The average Bonchev–Trinajstić information content (AvgIpc) is 3.56. The highest BCUT2D eigenvalue weighted by molar-refractivity contribution is 7.17. The van der Waals surface area contributed by atoms with Crippen LogP contribution in [-0.4, -0.2) is 72.2 Å². The highest BCUT2D eigenvalue weighted by atomic mass is 32.1. The molecule has 11 heteroatoms. The van der Waals surface area contributed by atoms with Crippen molar-refractivity contribution < 1.29 is 23.8 Å². The Morgan fingerprint density at radius 2 is 2.03 bits per heavy atom. The van der Waals surface area contributed by atoms with Gasteiger partial charge in [-0.1, -0.05) is 6.07 Å². The van der Waals surface area contributed by atoms with Gasteiger partial charge in [0.15, 0.2) is 6.61 Å². The first-order valence-corrected chi connectivity index (χ1v) is 11.9. The summed E-state index contributed by atoms with van der Waals surface area (Å²) in [5.74, 6) is 1.57. The largest absolute Gasteiger partial charge is 0.497 e. The zero-order valence-electron chi connectivity index (χ0n) is 18.9. The summed E-state index contributed by atoms with van der Waals surface area (Å²) in [5.41, 5.74) is 6.42. The van der Waals surface area contributed by atoms with Crippen LogP contribution in [0.25, 0.3) is 10.2 Å². The lowest BCUT2D eigenvalue weighted by molar-refractivity contribution is -0.134. The summed E-state index contributed by atoms with van der Waals surface area (Å²) in [5, 5.41) is 2.39. The second kappa shape index (κ2) is 8.98. The summed E-state index contributed by atoms with van der Waals surface area (Å²) in [6.45, 7) is 3.16. The first-order chi connectivity index (χ1) is 16.5. The molecule has 5 rings (SSSR count). The second-order valence-electron chi connectivity index (χ2n) is 8.16. The third-order valence-electron chi connectivity index (χ3n) is 6.16. The number of hydrogen-bond donors (Lipinski definition) is 1. The lowest BCUT2D eigenvalue weighted by Gasteiger charge is -2.35. The summed E-state index contributed by atoms with van der Waals surface area (Å²) in [6.07, 6.45) is 0.815. The number of fused-ring (bicyclic) bond motifs is 3. The summed E-state index contributed by atoms with van der Waals surface area (Å²) < 4.78 is 16.1. The van der Waals surface area contributed by atoms with Crippen LogP contribution in [0, 0.1) is 0 Å². The fourth-order valence-corrected chi connectivity index (χ4v) is 5.57. The van der Waals surface area contributed by atoms with Gasteiger partial charge in [-0.2, -0.15) is 4.98 Å². The number of carbonyl (C=O) groups excluding carboxylic acids is 2. The van der Waals surface area contributed by atoms with Gasteiger partial charge in [0.25, 0.3) is 5.91 Å². The normalized spacial score (nSPS) is 19.0. The van der Waals surface area contributed by atoms with E-state index in [-0.39, 0.29) is 37.2 Å². The van der Waals surface area contributed by atoms with Crippen molar-refractivity contribution in [3.8, 4) is 11.5 Å². The molecule has 2 saturated heterocycles. The Morgan fingerprint density at radius 1 is 1.21 bits per heavy atom. The minimum Gasteiger partial charge on any atom is -0.497 e.